The van der Waals surface area contributed by atoms with E-state index in [9.17, 15) is 9.90 Å². The number of ether oxygens (including phenoxy) is 1. The molecule has 3 heteroatoms. The molecule has 0 amide bonds. The van der Waals surface area contributed by atoms with Gasteiger partial charge in [-0.15, -0.1) is 0 Å². The predicted octanol–water partition coefficient (Wildman–Crippen LogP) is 4.23. The molecule has 0 aliphatic heterocycles. The molecule has 0 bridgehead atoms. The van der Waals surface area contributed by atoms with Crippen LogP contribution in [0.3, 0.4) is 0 Å². The summed E-state index contributed by atoms with van der Waals surface area (Å²) in [5, 5.41) is 9.41. The number of aliphatic carboxylic acids is 1. The highest BCUT2D eigenvalue weighted by Crippen LogP contribution is 2.32. The van der Waals surface area contributed by atoms with Crippen molar-refractivity contribution in [2.75, 3.05) is 6.61 Å². The summed E-state index contributed by atoms with van der Waals surface area (Å²) in [4.78, 5) is 11.4. The first-order valence-electron chi connectivity index (χ1n) is 8.09. The fourth-order valence-corrected chi connectivity index (χ4v) is 3.25. The number of hydrogen-bond donors (Lipinski definition) is 1. The lowest BCUT2D eigenvalue weighted by atomic mass is 9.78. The molecule has 0 heterocycles. The molecule has 0 spiro atoms. The molecule has 0 saturated carbocycles. The Hall–Kier alpha value is -1.51. The van der Waals surface area contributed by atoms with Crippen LogP contribution in [0.5, 0.6) is 5.75 Å². The smallest absolute Gasteiger partial charge is 0.309 e. The minimum absolute atomic E-state index is 0.582. The first kappa shape index (κ1) is 15.9. The van der Waals surface area contributed by atoms with Crippen LogP contribution in [0.25, 0.3) is 0 Å². The zero-order valence-electron chi connectivity index (χ0n) is 13.2. The van der Waals surface area contributed by atoms with Gasteiger partial charge in [0.15, 0.2) is 0 Å². The van der Waals surface area contributed by atoms with Crippen LogP contribution in [0, 0.1) is 5.41 Å². The van der Waals surface area contributed by atoms with Gasteiger partial charge in [-0.1, -0.05) is 19.9 Å². The SMILES string of the molecule is CCC(CC)(CCCOc1ccc2c(c1)CCC2)C(=O)O. The van der Waals surface area contributed by atoms with Gasteiger partial charge in [-0.05, 0) is 68.2 Å². The van der Waals surface area contributed by atoms with Crippen LogP contribution in [-0.2, 0) is 17.6 Å². The second kappa shape index (κ2) is 6.97. The molecule has 1 aromatic carbocycles. The number of rotatable bonds is 8. The summed E-state index contributed by atoms with van der Waals surface area (Å²) in [6, 6.07) is 6.35. The van der Waals surface area contributed by atoms with E-state index in [1.807, 2.05) is 19.9 Å². The van der Waals surface area contributed by atoms with Gasteiger partial charge in [0.2, 0.25) is 0 Å². The Kier molecular flexibility index (Phi) is 5.27. The third kappa shape index (κ3) is 3.58. The minimum Gasteiger partial charge on any atom is -0.494 e. The van der Waals surface area contributed by atoms with Crippen LogP contribution in [0.15, 0.2) is 18.2 Å². The van der Waals surface area contributed by atoms with Gasteiger partial charge >= 0.3 is 5.97 Å². The van der Waals surface area contributed by atoms with Gasteiger partial charge in [-0.3, -0.25) is 4.79 Å². The van der Waals surface area contributed by atoms with Crippen LogP contribution in [0.2, 0.25) is 0 Å². The van der Waals surface area contributed by atoms with E-state index < -0.39 is 11.4 Å². The van der Waals surface area contributed by atoms with E-state index in [1.165, 1.54) is 24.0 Å². The van der Waals surface area contributed by atoms with Crippen LogP contribution in [-0.4, -0.2) is 17.7 Å². The number of fused-ring (bicyclic) bond motifs is 1. The molecular formula is C18H26O3. The second-order valence-corrected chi connectivity index (χ2v) is 6.03. The monoisotopic (exact) mass is 290 g/mol. The summed E-state index contributed by atoms with van der Waals surface area (Å²) in [6.07, 6.45) is 6.40. The summed E-state index contributed by atoms with van der Waals surface area (Å²) in [5.74, 6) is 0.245. The lowest BCUT2D eigenvalue weighted by Gasteiger charge is -2.26. The van der Waals surface area contributed by atoms with Gasteiger partial charge in [0.25, 0.3) is 0 Å². The number of hydrogen-bond acceptors (Lipinski definition) is 2. The standard InChI is InChI=1S/C18H26O3/c1-3-18(4-2,17(19)20)11-6-12-21-16-10-9-14-7-5-8-15(14)13-16/h9-10,13H,3-8,11-12H2,1-2H3,(H,19,20). The molecule has 0 radical (unpaired) electrons. The summed E-state index contributed by atoms with van der Waals surface area (Å²) >= 11 is 0. The minimum atomic E-state index is -0.676. The van der Waals surface area contributed by atoms with Crippen molar-refractivity contribution in [3.63, 3.8) is 0 Å². The number of carbonyl (C=O) groups is 1. The van der Waals surface area contributed by atoms with Crippen molar-refractivity contribution in [1.29, 1.82) is 0 Å². The lowest BCUT2D eigenvalue weighted by Crippen LogP contribution is -2.30. The molecule has 0 unspecified atom stereocenters. The fourth-order valence-electron chi connectivity index (χ4n) is 3.25. The highest BCUT2D eigenvalue weighted by molar-refractivity contribution is 5.74. The van der Waals surface area contributed by atoms with E-state index in [0.29, 0.717) is 25.9 Å². The molecule has 1 aliphatic carbocycles. The zero-order chi connectivity index (χ0) is 15.3. The summed E-state index contributed by atoms with van der Waals surface area (Å²) < 4.78 is 5.80. The molecule has 1 aromatic rings. The fraction of sp³-hybridized carbons (Fsp3) is 0.611. The van der Waals surface area contributed by atoms with E-state index in [0.717, 1.165) is 18.6 Å². The summed E-state index contributed by atoms with van der Waals surface area (Å²) in [6.45, 7) is 4.51. The first-order valence-corrected chi connectivity index (χ1v) is 8.09. The number of carboxylic acids is 1. The largest absolute Gasteiger partial charge is 0.494 e. The summed E-state index contributed by atoms with van der Waals surface area (Å²) in [7, 11) is 0. The second-order valence-electron chi connectivity index (χ2n) is 6.03. The van der Waals surface area contributed by atoms with Crippen LogP contribution in [0.1, 0.15) is 57.1 Å². The molecular weight excluding hydrogens is 264 g/mol. The maximum atomic E-state index is 11.4. The molecule has 1 aliphatic rings. The molecule has 1 N–H and O–H groups in total. The Bertz CT molecular complexity index is 489. The molecule has 116 valence electrons. The van der Waals surface area contributed by atoms with Crippen LogP contribution >= 0.6 is 0 Å². The van der Waals surface area contributed by atoms with Crippen molar-refractivity contribution in [2.24, 2.45) is 5.41 Å². The van der Waals surface area contributed by atoms with Crippen molar-refractivity contribution >= 4 is 5.97 Å². The van der Waals surface area contributed by atoms with E-state index in [-0.39, 0.29) is 0 Å². The van der Waals surface area contributed by atoms with Gasteiger partial charge in [-0.2, -0.15) is 0 Å². The predicted molar refractivity (Wildman–Crippen MR) is 83.8 cm³/mol. The molecule has 0 fully saturated rings. The molecule has 0 aromatic heterocycles. The average Bonchev–Trinajstić information content (AvgIpc) is 2.95. The zero-order valence-corrected chi connectivity index (χ0v) is 13.2. The first-order chi connectivity index (χ1) is 10.1. The number of carboxylic acid groups (broad SMARTS) is 1. The summed E-state index contributed by atoms with van der Waals surface area (Å²) in [5.41, 5.74) is 2.28. The highest BCUT2D eigenvalue weighted by atomic mass is 16.5. The van der Waals surface area contributed by atoms with E-state index in [1.54, 1.807) is 0 Å². The Morgan fingerprint density at radius 3 is 2.62 bits per heavy atom. The molecule has 0 saturated heterocycles. The Morgan fingerprint density at radius 2 is 1.95 bits per heavy atom. The van der Waals surface area contributed by atoms with Gasteiger partial charge in [0.1, 0.15) is 5.75 Å². The third-order valence-corrected chi connectivity index (χ3v) is 4.95. The molecule has 2 rings (SSSR count). The Morgan fingerprint density at radius 1 is 1.24 bits per heavy atom. The van der Waals surface area contributed by atoms with E-state index >= 15 is 0 Å². The highest BCUT2D eigenvalue weighted by Gasteiger charge is 2.33. The van der Waals surface area contributed by atoms with E-state index in [4.69, 9.17) is 4.74 Å². The normalized spacial score (nSPS) is 14.0. The van der Waals surface area contributed by atoms with Crippen LogP contribution in [0.4, 0.5) is 0 Å². The van der Waals surface area contributed by atoms with Gasteiger partial charge in [0, 0.05) is 0 Å². The van der Waals surface area contributed by atoms with Gasteiger partial charge in [0.05, 0.1) is 12.0 Å². The van der Waals surface area contributed by atoms with Crippen molar-refractivity contribution in [3.8, 4) is 5.75 Å². The van der Waals surface area contributed by atoms with E-state index in [2.05, 4.69) is 12.1 Å². The molecule has 21 heavy (non-hydrogen) atoms. The maximum absolute atomic E-state index is 11.4. The number of aryl methyl sites for hydroxylation is 2. The van der Waals surface area contributed by atoms with Gasteiger partial charge < -0.3 is 9.84 Å². The van der Waals surface area contributed by atoms with Crippen molar-refractivity contribution in [3.05, 3.63) is 29.3 Å². The molecule has 3 nitrogen and oxygen atoms in total. The Balaban J connectivity index is 1.83. The van der Waals surface area contributed by atoms with Crippen molar-refractivity contribution in [2.45, 2.75) is 58.8 Å². The topological polar surface area (TPSA) is 46.5 Å². The quantitative estimate of drug-likeness (QED) is 0.729. The lowest BCUT2D eigenvalue weighted by molar-refractivity contribution is -0.150. The molecule has 0 atom stereocenters. The van der Waals surface area contributed by atoms with Crippen molar-refractivity contribution < 1.29 is 14.6 Å². The van der Waals surface area contributed by atoms with Crippen molar-refractivity contribution in [1.82, 2.24) is 0 Å². The number of benzene rings is 1. The maximum Gasteiger partial charge on any atom is 0.309 e. The third-order valence-electron chi connectivity index (χ3n) is 4.95. The van der Waals surface area contributed by atoms with Gasteiger partial charge in [-0.25, -0.2) is 0 Å². The Labute approximate surface area is 127 Å². The average molecular weight is 290 g/mol. The van der Waals surface area contributed by atoms with Crippen LogP contribution < -0.4 is 4.74 Å².